The molecule has 1 aliphatic carbocycles. The third-order valence-corrected chi connectivity index (χ3v) is 9.03. The summed E-state index contributed by atoms with van der Waals surface area (Å²) in [4.78, 5) is 14.4. The van der Waals surface area contributed by atoms with Crippen molar-refractivity contribution < 1.29 is 18.7 Å². The summed E-state index contributed by atoms with van der Waals surface area (Å²) < 4.78 is 27.8. The minimum atomic E-state index is -0.614. The van der Waals surface area contributed by atoms with Crippen molar-refractivity contribution in [1.29, 1.82) is 0 Å². The highest BCUT2D eigenvalue weighted by molar-refractivity contribution is 5.77. The molecule has 45 heavy (non-hydrogen) atoms. The summed E-state index contributed by atoms with van der Waals surface area (Å²) in [5.74, 6) is -1.14. The van der Waals surface area contributed by atoms with Gasteiger partial charge in [-0.3, -0.25) is 9.69 Å². The van der Waals surface area contributed by atoms with Crippen molar-refractivity contribution in [2.75, 3.05) is 13.1 Å². The van der Waals surface area contributed by atoms with E-state index in [0.717, 1.165) is 44.8 Å². The Bertz CT molecular complexity index is 1400. The van der Waals surface area contributed by atoms with Crippen LogP contribution in [0.5, 0.6) is 0 Å². The molecule has 0 bridgehead atoms. The highest BCUT2D eigenvalue weighted by Crippen LogP contribution is 2.37. The molecule has 1 saturated heterocycles. The number of carbonyl (C=O) groups is 1. The van der Waals surface area contributed by atoms with E-state index >= 15 is 0 Å². The molecule has 0 amide bonds. The number of benzene rings is 2. The van der Waals surface area contributed by atoms with Gasteiger partial charge in [-0.1, -0.05) is 77.6 Å². The Hall–Kier alpha value is -3.09. The third kappa shape index (κ3) is 10.2. The molecule has 0 radical (unpaired) electrons. The predicted octanol–water partition coefficient (Wildman–Crippen LogP) is 8.68. The van der Waals surface area contributed by atoms with Crippen LogP contribution < -0.4 is 5.32 Å². The number of aliphatic hydroxyl groups is 1. The molecule has 4 nitrogen and oxygen atoms in total. The van der Waals surface area contributed by atoms with Crippen LogP contribution >= 0.6 is 0 Å². The van der Waals surface area contributed by atoms with E-state index in [4.69, 9.17) is 0 Å². The van der Waals surface area contributed by atoms with Gasteiger partial charge in [0.1, 0.15) is 17.4 Å². The van der Waals surface area contributed by atoms with Gasteiger partial charge in [-0.25, -0.2) is 8.78 Å². The fourth-order valence-corrected chi connectivity index (χ4v) is 6.36. The zero-order valence-electron chi connectivity index (χ0n) is 28.7. The molecule has 4 rings (SSSR count). The van der Waals surface area contributed by atoms with Gasteiger partial charge in [0.05, 0.1) is 11.1 Å². The molecule has 1 saturated carbocycles. The molecule has 1 aliphatic heterocycles. The summed E-state index contributed by atoms with van der Waals surface area (Å²) in [5.41, 5.74) is 4.28. The van der Waals surface area contributed by atoms with Crippen LogP contribution in [0.2, 0.25) is 0 Å². The topological polar surface area (TPSA) is 52.6 Å². The Balaban J connectivity index is 0.000000423. The maximum Gasteiger partial charge on any atom is 0.133 e. The van der Waals surface area contributed by atoms with Gasteiger partial charge in [0.2, 0.25) is 0 Å². The van der Waals surface area contributed by atoms with Crippen LogP contribution in [-0.4, -0.2) is 46.1 Å². The molecular formula is C39H54F2N2O2. The number of aryl methyl sites for hydroxylation is 1. The van der Waals surface area contributed by atoms with E-state index in [9.17, 15) is 18.7 Å². The maximum absolute atomic E-state index is 14.5. The average molecular weight is 621 g/mol. The quantitative estimate of drug-likeness (QED) is 0.276. The summed E-state index contributed by atoms with van der Waals surface area (Å²) >= 11 is 0. The molecule has 0 spiro atoms. The number of carbonyl (C=O) groups excluding carboxylic acids is 1. The summed E-state index contributed by atoms with van der Waals surface area (Å²) in [6.07, 6.45) is 5.63. The predicted molar refractivity (Wildman–Crippen MR) is 183 cm³/mol. The number of nitrogens with one attached hydrogen (secondary N) is 1. The number of Topliss-reactive ketones (excluding diaryl/α,β-unsaturated/α-hetero) is 1. The van der Waals surface area contributed by atoms with Crippen LogP contribution in [0.3, 0.4) is 0 Å². The zero-order chi connectivity index (χ0) is 33.7. The number of hydrogen-bond acceptors (Lipinski definition) is 4. The number of rotatable bonds is 9. The zero-order valence-corrected chi connectivity index (χ0v) is 28.7. The van der Waals surface area contributed by atoms with Crippen molar-refractivity contribution in [3.63, 3.8) is 0 Å². The first-order valence-corrected chi connectivity index (χ1v) is 16.2. The molecule has 0 atom stereocenters. The molecule has 2 aromatic carbocycles. The van der Waals surface area contributed by atoms with E-state index in [2.05, 4.69) is 75.3 Å². The van der Waals surface area contributed by atoms with Gasteiger partial charge in [-0.15, -0.1) is 0 Å². The van der Waals surface area contributed by atoms with Gasteiger partial charge in [0.15, 0.2) is 0 Å². The molecule has 0 unspecified atom stereocenters. The first kappa shape index (κ1) is 36.4. The van der Waals surface area contributed by atoms with Crippen LogP contribution in [0.15, 0.2) is 73.0 Å². The monoisotopic (exact) mass is 620 g/mol. The fourth-order valence-electron chi connectivity index (χ4n) is 6.36. The number of likely N-dealkylation sites (tertiary alicyclic amines) is 1. The highest BCUT2D eigenvalue weighted by atomic mass is 19.1. The van der Waals surface area contributed by atoms with Crippen molar-refractivity contribution in [3.8, 4) is 0 Å². The third-order valence-electron chi connectivity index (χ3n) is 9.03. The fraction of sp³-hybridized carbons (Fsp3) is 0.513. The summed E-state index contributed by atoms with van der Waals surface area (Å²) in [7, 11) is 0. The second-order valence-corrected chi connectivity index (χ2v) is 14.9. The van der Waals surface area contributed by atoms with Crippen molar-refractivity contribution in [1.82, 2.24) is 10.2 Å². The van der Waals surface area contributed by atoms with E-state index < -0.39 is 22.8 Å². The molecular weight excluding hydrogens is 566 g/mol. The number of halogens is 2. The van der Waals surface area contributed by atoms with Gasteiger partial charge in [0, 0.05) is 42.9 Å². The Morgan fingerprint density at radius 2 is 1.73 bits per heavy atom. The highest BCUT2D eigenvalue weighted by Gasteiger charge is 2.47. The van der Waals surface area contributed by atoms with E-state index in [-0.39, 0.29) is 17.1 Å². The molecule has 2 aliphatic rings. The van der Waals surface area contributed by atoms with Gasteiger partial charge in [-0.2, -0.15) is 0 Å². The lowest BCUT2D eigenvalue weighted by atomic mass is 9.77. The molecule has 246 valence electrons. The van der Waals surface area contributed by atoms with Gasteiger partial charge in [0.25, 0.3) is 0 Å². The minimum Gasteiger partial charge on any atom is -0.390 e. The van der Waals surface area contributed by atoms with Crippen molar-refractivity contribution in [3.05, 3.63) is 101 Å². The number of ketones is 1. The number of allylic oxidation sites excluding steroid dienone is 2. The maximum atomic E-state index is 14.5. The van der Waals surface area contributed by atoms with E-state index in [1.807, 2.05) is 20.8 Å². The Labute approximate surface area is 270 Å². The van der Waals surface area contributed by atoms with Crippen molar-refractivity contribution >= 4 is 11.4 Å². The first-order valence-electron chi connectivity index (χ1n) is 16.2. The van der Waals surface area contributed by atoms with Crippen LogP contribution in [0.1, 0.15) is 97.3 Å². The van der Waals surface area contributed by atoms with Crippen molar-refractivity contribution in [2.24, 2.45) is 5.92 Å². The minimum absolute atomic E-state index is 0.0154. The van der Waals surface area contributed by atoms with E-state index in [1.165, 1.54) is 23.3 Å². The lowest BCUT2D eigenvalue weighted by Gasteiger charge is -2.55. The largest absolute Gasteiger partial charge is 0.390 e. The molecule has 2 N–H and O–H groups in total. The Morgan fingerprint density at radius 3 is 2.22 bits per heavy atom. The lowest BCUT2D eigenvalue weighted by molar-refractivity contribution is -0.121. The second-order valence-electron chi connectivity index (χ2n) is 14.9. The average Bonchev–Trinajstić information content (AvgIpc) is 2.90. The second kappa shape index (κ2) is 14.6. The molecule has 2 fully saturated rings. The standard InChI is InChI=1S/C28H38F2N2O2.C11H16/c1-18(2)25(24-8-7-22(29)14-26(24)30)13-19(3)21(5)31-28(15-20(4)33)16-32(17-28)23-9-11-27(6,34)12-10-23;1-9-6-5-7-10(8-9)11(2,3)4/h7-8,13-14,18,23,31,34H,3,5,9-12,15-17H2,1-2,4,6H3;5-8H,1-4H3/b25-13+;. The summed E-state index contributed by atoms with van der Waals surface area (Å²) in [6.45, 7) is 26.0. The molecule has 2 aromatic rings. The van der Waals surface area contributed by atoms with Gasteiger partial charge in [-0.05, 0) is 92.7 Å². The van der Waals surface area contributed by atoms with Crippen molar-refractivity contribution in [2.45, 2.75) is 110 Å². The van der Waals surface area contributed by atoms with Crippen LogP contribution in [0.25, 0.3) is 5.57 Å². The smallest absolute Gasteiger partial charge is 0.133 e. The van der Waals surface area contributed by atoms with Crippen LogP contribution in [-0.2, 0) is 10.2 Å². The summed E-state index contributed by atoms with van der Waals surface area (Å²) in [6, 6.07) is 12.7. The molecule has 6 heteroatoms. The van der Waals surface area contributed by atoms with E-state index in [0.29, 0.717) is 34.9 Å². The normalized spacial score (nSPS) is 21.8. The number of hydrogen-bond donors (Lipinski definition) is 2. The Kier molecular flexibility index (Phi) is 11.8. The SMILES string of the molecule is C=C(/C=C(/c1ccc(F)cc1F)C(C)C)C(=C)NC1(CC(C)=O)CN(C2CCC(C)(O)CC2)C1.Cc1cccc(C(C)(C)C)c1. The first-order chi connectivity index (χ1) is 20.8. The van der Waals surface area contributed by atoms with Gasteiger partial charge < -0.3 is 10.4 Å². The Morgan fingerprint density at radius 1 is 1.11 bits per heavy atom. The van der Waals surface area contributed by atoms with Crippen LogP contribution in [0.4, 0.5) is 8.78 Å². The number of nitrogens with zero attached hydrogens (tertiary/aromatic N) is 1. The molecule has 1 heterocycles. The molecule has 0 aromatic heterocycles. The van der Waals surface area contributed by atoms with Gasteiger partial charge >= 0.3 is 0 Å². The lowest BCUT2D eigenvalue weighted by Crippen LogP contribution is -2.71. The van der Waals surface area contributed by atoms with E-state index in [1.54, 1.807) is 13.0 Å². The summed E-state index contributed by atoms with van der Waals surface area (Å²) in [5, 5.41) is 13.7. The van der Waals surface area contributed by atoms with Crippen LogP contribution in [0, 0.1) is 24.5 Å².